The van der Waals surface area contributed by atoms with E-state index in [0.717, 1.165) is 38.5 Å². The zero-order chi connectivity index (χ0) is 84.5. The van der Waals surface area contributed by atoms with E-state index in [1.54, 1.807) is 64.2 Å². The molecule has 2 saturated heterocycles. The Morgan fingerprint density at radius 1 is 0.560 bits per heavy atom. The topological polar surface area (TPSA) is 566 Å². The van der Waals surface area contributed by atoms with Gasteiger partial charge in [0.25, 0.3) is 0 Å². The van der Waals surface area contributed by atoms with Crippen LogP contribution in [0.4, 0.5) is 4.79 Å². The minimum atomic E-state index is -1.90. The highest BCUT2D eigenvalue weighted by Gasteiger charge is 2.41. The number of imidazole rings is 1. The van der Waals surface area contributed by atoms with Gasteiger partial charge in [-0.25, -0.2) is 14.6 Å². The number of carboxylic acids is 1. The lowest BCUT2D eigenvalue weighted by Crippen LogP contribution is -2.60. The molecule has 2 aliphatic rings. The monoisotopic (exact) mass is 1620 g/mol. The van der Waals surface area contributed by atoms with Crippen molar-refractivity contribution in [2.75, 3.05) is 39.3 Å². The Morgan fingerprint density at radius 3 is 1.71 bits per heavy atom. The number of aliphatic carboxylic acids is 1. The quantitative estimate of drug-likeness (QED) is 0.0255. The number of nitrogens with two attached hydrogens (primary N) is 2. The van der Waals surface area contributed by atoms with E-state index in [4.69, 9.17) is 16.2 Å². The molecule has 5 heterocycles. The largest absolute Gasteiger partial charge is 0.508 e. The van der Waals surface area contributed by atoms with Crippen molar-refractivity contribution in [3.05, 3.63) is 84.2 Å². The van der Waals surface area contributed by atoms with Crippen molar-refractivity contribution in [3.8, 4) is 5.75 Å². The standard InChI is InChI=1S/C79H115N19O18/c1-44(2)19-12-10-8-7-9-11-13-20-51-35-63(100)90-56(23-16-28-80)72(108)94-60(33-49-39-82-43-89-49)74(110)97-69(46(5)6)77(113)98-30-18-25-62(98)75(111)88-41-64(101)91-57(24-17-29-83-79(81)115)73(109)93-59(32-48-38-85-55-27-26-50(99)34-53(48)55)71(107)86-40-65(102)92-58(31-47-37-84-54-22-15-14-21-52(47)54)70(106)87-42-66(103)96-68(45(3)4)76(112)95-61(36-67(104)105)78(114)116-51/h14-15,21-22,26-27,34,37-39,43-46,51,56-62,68-69,84-85,99H,7-13,16-20,23-25,28-33,35-36,40-42,80H2,1-6H3,(H,82,89)(H,86,107)(H,87,106)(H,88,111)(H,90,100)(H,91,101)(H,92,102)(H,93,109)(H,94,108)(H,95,112)(H,96,103)(H,97,110)(H,104,105)(H3,81,83,115). The summed E-state index contributed by atoms with van der Waals surface area (Å²) in [4.78, 5) is 226. The molecular formula is C79H115N19O18. The second kappa shape index (κ2) is 46.0. The number of hydrogen-bond acceptors (Lipinski definition) is 19. The van der Waals surface area contributed by atoms with Gasteiger partial charge in [-0.3, -0.25) is 62.3 Å². The number of cyclic esters (lactones) is 1. The average Bonchev–Trinajstić information content (AvgIpc) is 1.69. The molecule has 0 radical (unpaired) electrons. The number of urea groups is 1. The van der Waals surface area contributed by atoms with Crippen LogP contribution in [-0.4, -0.2) is 224 Å². The number of esters is 1. The van der Waals surface area contributed by atoms with Crippen LogP contribution >= 0.6 is 0 Å². The van der Waals surface area contributed by atoms with Gasteiger partial charge in [0.15, 0.2) is 0 Å². The Kier molecular flexibility index (Phi) is 36.3. The number of nitrogens with one attached hydrogen (secondary N) is 15. The molecule has 116 heavy (non-hydrogen) atoms. The summed E-state index contributed by atoms with van der Waals surface area (Å²) in [6.45, 7) is 8.35. The van der Waals surface area contributed by atoms with Crippen molar-refractivity contribution < 1.29 is 86.9 Å². The van der Waals surface area contributed by atoms with Gasteiger partial charge in [0.2, 0.25) is 70.9 Å². The molecule has 7 rings (SSSR count). The lowest BCUT2D eigenvalue weighted by Gasteiger charge is -2.32. The van der Waals surface area contributed by atoms with Crippen molar-refractivity contribution in [1.29, 1.82) is 0 Å². The first-order valence-corrected chi connectivity index (χ1v) is 39.9. The van der Waals surface area contributed by atoms with E-state index in [1.165, 1.54) is 35.8 Å². The molecule has 2 aromatic carbocycles. The number of phenols is 1. The van der Waals surface area contributed by atoms with Crippen molar-refractivity contribution in [2.45, 2.75) is 230 Å². The van der Waals surface area contributed by atoms with Gasteiger partial charge in [0.1, 0.15) is 66.2 Å². The first kappa shape index (κ1) is 91.5. The van der Waals surface area contributed by atoms with Crippen LogP contribution in [-0.2, 0) is 91.1 Å². The molecule has 0 spiro atoms. The number of para-hydroxylation sites is 1. The van der Waals surface area contributed by atoms with E-state index in [0.29, 0.717) is 63.8 Å². The molecule has 37 nitrogen and oxygen atoms in total. The molecule has 2 fully saturated rings. The first-order chi connectivity index (χ1) is 55.4. The molecule has 0 saturated carbocycles. The summed E-state index contributed by atoms with van der Waals surface area (Å²) in [6.07, 6.45) is 9.79. The Hall–Kier alpha value is -11.7. The molecule has 0 aliphatic carbocycles. The number of ether oxygens (including phenoxy) is 1. The van der Waals surface area contributed by atoms with Crippen molar-refractivity contribution in [1.82, 2.24) is 88.6 Å². The summed E-state index contributed by atoms with van der Waals surface area (Å²) in [5.74, 6) is -14.4. The van der Waals surface area contributed by atoms with E-state index in [-0.39, 0.29) is 83.2 Å². The highest BCUT2D eigenvalue weighted by molar-refractivity contribution is 6.00. The Balaban J connectivity index is 1.22. The summed E-state index contributed by atoms with van der Waals surface area (Å²) in [5.41, 5.74) is 13.8. The van der Waals surface area contributed by atoms with Crippen LogP contribution in [0.1, 0.15) is 168 Å². The van der Waals surface area contributed by atoms with E-state index >= 15 is 0 Å². The minimum absolute atomic E-state index is 0.0199. The molecule has 634 valence electrons. The molecule has 0 bridgehead atoms. The Labute approximate surface area is 672 Å². The van der Waals surface area contributed by atoms with Crippen molar-refractivity contribution in [3.63, 3.8) is 0 Å². The summed E-state index contributed by atoms with van der Waals surface area (Å²) < 4.78 is 5.95. The van der Waals surface area contributed by atoms with Gasteiger partial charge in [-0.05, 0) is 111 Å². The molecular weight excluding hydrogens is 1500 g/mol. The van der Waals surface area contributed by atoms with Gasteiger partial charge in [0.05, 0.1) is 38.8 Å². The fourth-order valence-corrected chi connectivity index (χ4v) is 14.0. The van der Waals surface area contributed by atoms with Gasteiger partial charge in [-0.15, -0.1) is 0 Å². The number of primary amides is 1. The van der Waals surface area contributed by atoms with E-state index < -0.39 is 194 Å². The van der Waals surface area contributed by atoms with Crippen LogP contribution in [0.15, 0.2) is 67.4 Å². The van der Waals surface area contributed by atoms with Crippen LogP contribution in [0.3, 0.4) is 0 Å². The maximum Gasteiger partial charge on any atom is 0.329 e. The van der Waals surface area contributed by atoms with Crippen molar-refractivity contribution >= 4 is 111 Å². The smallest absolute Gasteiger partial charge is 0.329 e. The number of benzene rings is 2. The number of aromatic hydroxyl groups is 1. The number of nitrogens with zero attached hydrogens (tertiary/aromatic N) is 2. The number of carboxylic acid groups (broad SMARTS) is 1. The zero-order valence-corrected chi connectivity index (χ0v) is 66.7. The highest BCUT2D eigenvalue weighted by atomic mass is 16.5. The summed E-state index contributed by atoms with van der Waals surface area (Å²) in [7, 11) is 0. The van der Waals surface area contributed by atoms with Gasteiger partial charge < -0.3 is 110 Å². The number of phenolic OH excluding ortho intramolecular Hbond substituents is 1. The Bertz CT molecular complexity index is 4200. The number of carbonyl (C=O) groups is 15. The number of aromatic nitrogens is 4. The average molecular weight is 1620 g/mol. The molecule has 3 aromatic heterocycles. The summed E-state index contributed by atoms with van der Waals surface area (Å²) in [5, 5.41) is 52.7. The van der Waals surface area contributed by atoms with Gasteiger partial charge in [0, 0.05) is 78.4 Å². The lowest BCUT2D eigenvalue weighted by molar-refractivity contribution is -0.157. The summed E-state index contributed by atoms with van der Waals surface area (Å²) >= 11 is 0. The lowest BCUT2D eigenvalue weighted by atomic mass is 10.0. The van der Waals surface area contributed by atoms with Crippen LogP contribution in [0.5, 0.6) is 5.75 Å². The summed E-state index contributed by atoms with van der Waals surface area (Å²) in [6, 6.07) is -2.68. The third kappa shape index (κ3) is 29.3. The molecule has 10 atom stereocenters. The maximum absolute atomic E-state index is 14.8. The fraction of sp³-hybridized carbons (Fsp3) is 0.570. The number of unbranched alkanes of at least 4 members (excludes halogenated alkanes) is 6. The number of carbonyl (C=O) groups excluding carboxylic acids is 14. The fourth-order valence-electron chi connectivity index (χ4n) is 14.0. The molecule has 14 amide bonds. The number of H-pyrrole nitrogens is 3. The molecule has 21 N–H and O–H groups in total. The molecule has 10 unspecified atom stereocenters. The van der Waals surface area contributed by atoms with Gasteiger partial charge >= 0.3 is 18.0 Å². The first-order valence-electron chi connectivity index (χ1n) is 39.9. The number of aromatic amines is 3. The number of amides is 14. The third-order valence-corrected chi connectivity index (χ3v) is 20.2. The molecule has 5 aromatic rings. The van der Waals surface area contributed by atoms with Crippen LogP contribution in [0, 0.1) is 17.8 Å². The third-order valence-electron chi connectivity index (χ3n) is 20.2. The maximum atomic E-state index is 14.8. The predicted octanol–water partition coefficient (Wildman–Crippen LogP) is 0.780. The molecule has 2 aliphatic heterocycles. The zero-order valence-electron chi connectivity index (χ0n) is 66.7. The normalized spacial score (nSPS) is 22.6. The SMILES string of the molecule is CC(C)CCCCCCCCCC1CC(=O)NC(CCCN)C(=O)NC(Cc2cnc[nH]2)C(=O)NC(C(C)C)C(=O)N2CCCC2C(=O)NCC(=O)NC(CCCNC(N)=O)C(=O)NC(Cc2c[nH]c3ccc(O)cc23)C(=O)NCC(=O)NC(Cc2c[nH]c3ccccc23)C(=O)NCC(=O)NC(C(C)C)C(=O)NC(CC(=O)O)C(=O)O1. The van der Waals surface area contributed by atoms with Crippen molar-refractivity contribution in [2.24, 2.45) is 29.2 Å². The number of fused-ring (bicyclic) bond motifs is 3. The number of hydrogen-bond donors (Lipinski definition) is 19. The van der Waals surface area contributed by atoms with Gasteiger partial charge in [-0.1, -0.05) is 105 Å². The predicted molar refractivity (Wildman–Crippen MR) is 425 cm³/mol. The van der Waals surface area contributed by atoms with Gasteiger partial charge in [-0.2, -0.15) is 0 Å². The van der Waals surface area contributed by atoms with Crippen LogP contribution < -0.4 is 75.3 Å². The van der Waals surface area contributed by atoms with E-state index in [9.17, 15) is 82.1 Å². The molecule has 37 heteroatoms. The van der Waals surface area contributed by atoms with Crippen LogP contribution in [0.25, 0.3) is 21.8 Å². The number of rotatable bonds is 27. The second-order valence-corrected chi connectivity index (χ2v) is 30.7. The Morgan fingerprint density at radius 2 is 1.10 bits per heavy atom. The second-order valence-electron chi connectivity index (χ2n) is 30.7. The van der Waals surface area contributed by atoms with Crippen LogP contribution in [0.2, 0.25) is 0 Å². The van der Waals surface area contributed by atoms with E-state index in [2.05, 4.69) is 97.6 Å². The van der Waals surface area contributed by atoms with E-state index in [1.807, 2.05) is 0 Å². The highest BCUT2D eigenvalue weighted by Crippen LogP contribution is 2.26. The minimum Gasteiger partial charge on any atom is -0.508 e.